The highest BCUT2D eigenvalue weighted by atomic mass is 19.2. The highest BCUT2D eigenvalue weighted by molar-refractivity contribution is 5.77. The minimum absolute atomic E-state index is 0.209. The molecule has 2 rings (SSSR count). The number of nitrogens with two attached hydrogens (primary N) is 1. The van der Waals surface area contributed by atoms with Gasteiger partial charge in [-0.15, -0.1) is 0 Å². The van der Waals surface area contributed by atoms with Crippen LogP contribution in [0.1, 0.15) is 0 Å². The Hall–Kier alpha value is -2.37. The number of methoxy groups -OCH3 is 1. The van der Waals surface area contributed by atoms with Crippen LogP contribution in [0.3, 0.4) is 0 Å². The molecule has 2 aromatic carbocycles. The third-order valence-corrected chi connectivity index (χ3v) is 2.59. The smallest absolute Gasteiger partial charge is 0.196 e. The maximum atomic E-state index is 13.5. The summed E-state index contributed by atoms with van der Waals surface area (Å²) in [5.41, 5.74) is 6.15. The van der Waals surface area contributed by atoms with Crippen LogP contribution < -0.4 is 15.8 Å². The molecule has 0 aliphatic heterocycles. The molecule has 3 nitrogen and oxygen atoms in total. The summed E-state index contributed by atoms with van der Waals surface area (Å²) in [5, 5.41) is 2.60. The molecule has 0 atom stereocenters. The van der Waals surface area contributed by atoms with Gasteiger partial charge in [-0.05, 0) is 24.3 Å². The van der Waals surface area contributed by atoms with Crippen molar-refractivity contribution in [1.29, 1.82) is 0 Å². The zero-order valence-electron chi connectivity index (χ0n) is 10.0. The van der Waals surface area contributed by atoms with Crippen LogP contribution in [0.5, 0.6) is 5.75 Å². The van der Waals surface area contributed by atoms with Crippen molar-refractivity contribution in [2.24, 2.45) is 0 Å². The van der Waals surface area contributed by atoms with Crippen LogP contribution in [0.2, 0.25) is 0 Å². The molecule has 0 aromatic heterocycles. The van der Waals surface area contributed by atoms with Gasteiger partial charge in [0.2, 0.25) is 0 Å². The first kappa shape index (κ1) is 13.1. The highest BCUT2D eigenvalue weighted by Gasteiger charge is 2.14. The van der Waals surface area contributed by atoms with Crippen LogP contribution >= 0.6 is 0 Å². The number of ether oxygens (including phenoxy) is 1. The molecule has 2 aromatic rings. The average molecular weight is 268 g/mol. The Kier molecular flexibility index (Phi) is 3.50. The van der Waals surface area contributed by atoms with Gasteiger partial charge in [0.15, 0.2) is 17.5 Å². The van der Waals surface area contributed by atoms with E-state index in [4.69, 9.17) is 10.5 Å². The van der Waals surface area contributed by atoms with Gasteiger partial charge >= 0.3 is 0 Å². The minimum Gasteiger partial charge on any atom is -0.495 e. The van der Waals surface area contributed by atoms with Crippen molar-refractivity contribution in [3.8, 4) is 5.75 Å². The molecule has 3 N–H and O–H groups in total. The van der Waals surface area contributed by atoms with Crippen molar-refractivity contribution >= 4 is 17.1 Å². The zero-order chi connectivity index (χ0) is 14.0. The Morgan fingerprint density at radius 2 is 1.74 bits per heavy atom. The van der Waals surface area contributed by atoms with Crippen molar-refractivity contribution in [1.82, 2.24) is 0 Å². The van der Waals surface area contributed by atoms with Crippen molar-refractivity contribution in [3.05, 3.63) is 47.8 Å². The molecule has 100 valence electrons. The van der Waals surface area contributed by atoms with Gasteiger partial charge in [-0.25, -0.2) is 13.2 Å². The van der Waals surface area contributed by atoms with Gasteiger partial charge in [-0.1, -0.05) is 6.07 Å². The fraction of sp³-hybridized carbons (Fsp3) is 0.0769. The third kappa shape index (κ3) is 2.42. The summed E-state index contributed by atoms with van der Waals surface area (Å²) in [7, 11) is 1.44. The second-order valence-electron chi connectivity index (χ2n) is 3.77. The Morgan fingerprint density at radius 1 is 1.00 bits per heavy atom. The molecule has 0 spiro atoms. The van der Waals surface area contributed by atoms with E-state index in [-0.39, 0.29) is 11.4 Å². The number of para-hydroxylation sites is 1. The van der Waals surface area contributed by atoms with Gasteiger partial charge < -0.3 is 15.8 Å². The van der Waals surface area contributed by atoms with Gasteiger partial charge in [-0.3, -0.25) is 0 Å². The first-order valence-electron chi connectivity index (χ1n) is 5.37. The number of anilines is 3. The van der Waals surface area contributed by atoms with Crippen LogP contribution in [-0.2, 0) is 0 Å². The summed E-state index contributed by atoms with van der Waals surface area (Å²) in [6.07, 6.45) is 0. The molecule has 0 bridgehead atoms. The van der Waals surface area contributed by atoms with Gasteiger partial charge in [0.05, 0.1) is 24.2 Å². The number of rotatable bonds is 3. The zero-order valence-corrected chi connectivity index (χ0v) is 10.0. The summed E-state index contributed by atoms with van der Waals surface area (Å²) in [4.78, 5) is 0. The molecule has 0 heterocycles. The molecule has 0 unspecified atom stereocenters. The Morgan fingerprint density at radius 3 is 2.42 bits per heavy atom. The molecule has 0 fully saturated rings. The fourth-order valence-electron chi connectivity index (χ4n) is 1.60. The van der Waals surface area contributed by atoms with Gasteiger partial charge in [-0.2, -0.15) is 0 Å². The molecule has 0 saturated carbocycles. The quantitative estimate of drug-likeness (QED) is 0.662. The molecule has 19 heavy (non-hydrogen) atoms. The van der Waals surface area contributed by atoms with E-state index in [2.05, 4.69) is 5.32 Å². The van der Waals surface area contributed by atoms with Gasteiger partial charge in [0.25, 0.3) is 0 Å². The summed E-state index contributed by atoms with van der Waals surface area (Å²) in [6.45, 7) is 0. The van der Waals surface area contributed by atoms with Crippen LogP contribution in [0, 0.1) is 17.5 Å². The van der Waals surface area contributed by atoms with Crippen molar-refractivity contribution in [2.75, 3.05) is 18.2 Å². The van der Waals surface area contributed by atoms with E-state index >= 15 is 0 Å². The lowest BCUT2D eigenvalue weighted by Gasteiger charge is -2.13. The average Bonchev–Trinajstić information content (AvgIpc) is 2.41. The minimum atomic E-state index is -1.54. The lowest BCUT2D eigenvalue weighted by Crippen LogP contribution is -2.02. The number of hydrogen-bond donors (Lipinski definition) is 2. The van der Waals surface area contributed by atoms with E-state index in [0.29, 0.717) is 11.4 Å². The molecule has 0 aliphatic carbocycles. The van der Waals surface area contributed by atoms with E-state index < -0.39 is 17.5 Å². The van der Waals surface area contributed by atoms with E-state index in [0.717, 1.165) is 12.1 Å². The van der Waals surface area contributed by atoms with Crippen LogP contribution in [-0.4, -0.2) is 7.11 Å². The molecule has 0 saturated heterocycles. The number of nitrogens with one attached hydrogen (secondary N) is 1. The summed E-state index contributed by atoms with van der Waals surface area (Å²) in [5.74, 6) is -3.69. The monoisotopic (exact) mass is 268 g/mol. The van der Waals surface area contributed by atoms with Crippen LogP contribution in [0.15, 0.2) is 30.3 Å². The second kappa shape index (κ2) is 5.09. The van der Waals surface area contributed by atoms with E-state index in [1.54, 1.807) is 18.2 Å². The number of benzene rings is 2. The molecule has 0 amide bonds. The van der Waals surface area contributed by atoms with E-state index in [1.807, 2.05) is 0 Å². The topological polar surface area (TPSA) is 47.3 Å². The number of halogens is 3. The van der Waals surface area contributed by atoms with Crippen LogP contribution in [0.4, 0.5) is 30.2 Å². The maximum absolute atomic E-state index is 13.5. The third-order valence-electron chi connectivity index (χ3n) is 2.59. The highest BCUT2D eigenvalue weighted by Crippen LogP contribution is 2.32. The summed E-state index contributed by atoms with van der Waals surface area (Å²) < 4.78 is 44.4. The van der Waals surface area contributed by atoms with E-state index in [1.165, 1.54) is 7.11 Å². The van der Waals surface area contributed by atoms with Crippen molar-refractivity contribution in [3.63, 3.8) is 0 Å². The Labute approximate surface area is 107 Å². The first-order chi connectivity index (χ1) is 9.04. The lowest BCUT2D eigenvalue weighted by atomic mass is 10.2. The van der Waals surface area contributed by atoms with Gasteiger partial charge in [0, 0.05) is 0 Å². The van der Waals surface area contributed by atoms with E-state index in [9.17, 15) is 13.2 Å². The normalized spacial score (nSPS) is 10.3. The van der Waals surface area contributed by atoms with Gasteiger partial charge in [0.1, 0.15) is 5.75 Å². The number of nitrogen functional groups attached to an aromatic ring is 1. The predicted molar refractivity (Wildman–Crippen MR) is 67.0 cm³/mol. The SMILES string of the molecule is COc1cccc(Nc2ccc(F)c(F)c2F)c1N. The Bertz CT molecular complexity index is 617. The summed E-state index contributed by atoms with van der Waals surface area (Å²) in [6, 6.07) is 6.75. The second-order valence-corrected chi connectivity index (χ2v) is 3.77. The molecule has 6 heteroatoms. The van der Waals surface area contributed by atoms with Crippen LogP contribution in [0.25, 0.3) is 0 Å². The molecular formula is C13H11F3N2O. The largest absolute Gasteiger partial charge is 0.495 e. The fourth-order valence-corrected chi connectivity index (χ4v) is 1.60. The lowest BCUT2D eigenvalue weighted by molar-refractivity contribution is 0.417. The molecule has 0 aliphatic rings. The Balaban J connectivity index is 2.39. The first-order valence-corrected chi connectivity index (χ1v) is 5.37. The number of hydrogen-bond acceptors (Lipinski definition) is 3. The standard InChI is InChI=1S/C13H11F3N2O/c1-19-10-4-2-3-9(13(10)17)18-8-6-5-7(14)11(15)12(8)16/h2-6,18H,17H2,1H3. The molecule has 0 radical (unpaired) electrons. The maximum Gasteiger partial charge on any atom is 0.196 e. The van der Waals surface area contributed by atoms with Crippen molar-refractivity contribution in [2.45, 2.75) is 0 Å². The molecular weight excluding hydrogens is 257 g/mol. The predicted octanol–water partition coefficient (Wildman–Crippen LogP) is 3.44. The van der Waals surface area contributed by atoms with Crippen molar-refractivity contribution < 1.29 is 17.9 Å². The summed E-state index contributed by atoms with van der Waals surface area (Å²) >= 11 is 0.